The third-order valence-electron chi connectivity index (χ3n) is 6.43. The molecule has 174 valence electrons. The molecule has 1 N–H and O–H groups in total. The Morgan fingerprint density at radius 1 is 1.00 bits per heavy atom. The Kier molecular flexibility index (Phi) is 5.22. The largest absolute Gasteiger partial charge is 0.467 e. The van der Waals surface area contributed by atoms with Crippen molar-refractivity contribution in [2.45, 2.75) is 19.5 Å². The summed E-state index contributed by atoms with van der Waals surface area (Å²) in [6.07, 6.45) is 2.47. The van der Waals surface area contributed by atoms with Gasteiger partial charge in [0.25, 0.3) is 17.7 Å². The summed E-state index contributed by atoms with van der Waals surface area (Å²) < 4.78 is 5.28. The molecule has 4 aromatic rings. The number of benzene rings is 2. The molecule has 0 atom stereocenters. The summed E-state index contributed by atoms with van der Waals surface area (Å²) in [6.45, 7) is 1.73. The number of furan rings is 1. The zero-order chi connectivity index (χ0) is 23.9. The standard InChI is InChI=1S/C27H21N3O4S/c31-25(28-22-5-1-2-6-23(22)29-11-9-24-18(15-29)10-13-35-24)17-7-8-20-21(14-17)27(33)30(26(20)32)16-19-4-3-12-34-19/h1-8,10,12-14H,9,11,15-16H2,(H,28,31). The second-order valence-electron chi connectivity index (χ2n) is 8.55. The number of hydrogen-bond acceptors (Lipinski definition) is 6. The molecule has 3 amide bonds. The lowest BCUT2D eigenvalue weighted by Gasteiger charge is -2.30. The molecule has 0 unspecified atom stereocenters. The van der Waals surface area contributed by atoms with Gasteiger partial charge in [-0.25, -0.2) is 0 Å². The number of carbonyl (C=O) groups excluding carboxylic acids is 3. The fourth-order valence-corrected chi connectivity index (χ4v) is 5.53. The summed E-state index contributed by atoms with van der Waals surface area (Å²) in [7, 11) is 0. The van der Waals surface area contributed by atoms with Gasteiger partial charge in [0.1, 0.15) is 5.76 Å². The van der Waals surface area contributed by atoms with Gasteiger partial charge in [-0.2, -0.15) is 0 Å². The maximum atomic E-state index is 13.2. The average Bonchev–Trinajstić information content (AvgIpc) is 3.62. The van der Waals surface area contributed by atoms with Crippen LogP contribution in [-0.4, -0.2) is 29.2 Å². The molecule has 0 saturated heterocycles. The average molecular weight is 484 g/mol. The molecule has 2 aromatic heterocycles. The van der Waals surface area contributed by atoms with E-state index in [4.69, 9.17) is 4.42 Å². The lowest BCUT2D eigenvalue weighted by Crippen LogP contribution is -2.30. The smallest absolute Gasteiger partial charge is 0.261 e. The van der Waals surface area contributed by atoms with Crippen LogP contribution >= 0.6 is 11.3 Å². The van der Waals surface area contributed by atoms with Crippen molar-refractivity contribution in [2.24, 2.45) is 0 Å². The maximum absolute atomic E-state index is 13.2. The molecule has 7 nitrogen and oxygen atoms in total. The van der Waals surface area contributed by atoms with E-state index in [0.717, 1.165) is 30.1 Å². The molecule has 0 radical (unpaired) electrons. The number of fused-ring (bicyclic) bond motifs is 2. The molecular weight excluding hydrogens is 462 g/mol. The normalized spacial score (nSPS) is 14.7. The van der Waals surface area contributed by atoms with Crippen LogP contribution in [-0.2, 0) is 19.5 Å². The first-order valence-corrected chi connectivity index (χ1v) is 12.2. The van der Waals surface area contributed by atoms with Crippen LogP contribution in [0.15, 0.2) is 76.7 Å². The van der Waals surface area contributed by atoms with E-state index < -0.39 is 11.8 Å². The minimum Gasteiger partial charge on any atom is -0.467 e. The summed E-state index contributed by atoms with van der Waals surface area (Å²) in [5, 5.41) is 5.13. The second-order valence-corrected chi connectivity index (χ2v) is 9.55. The zero-order valence-electron chi connectivity index (χ0n) is 18.7. The molecule has 0 fully saturated rings. The minimum atomic E-state index is -0.434. The molecule has 2 aliphatic heterocycles. The van der Waals surface area contributed by atoms with Crippen LogP contribution < -0.4 is 10.2 Å². The fourth-order valence-electron chi connectivity index (χ4n) is 4.64. The summed E-state index contributed by atoms with van der Waals surface area (Å²) in [5.41, 5.74) is 3.82. The zero-order valence-corrected chi connectivity index (χ0v) is 19.5. The van der Waals surface area contributed by atoms with Crippen molar-refractivity contribution in [3.8, 4) is 0 Å². The van der Waals surface area contributed by atoms with Crippen LogP contribution in [0, 0.1) is 0 Å². The van der Waals surface area contributed by atoms with Crippen LogP contribution in [0.3, 0.4) is 0 Å². The van der Waals surface area contributed by atoms with E-state index in [9.17, 15) is 14.4 Å². The van der Waals surface area contributed by atoms with Gasteiger partial charge in [0.15, 0.2) is 0 Å². The number of carbonyl (C=O) groups is 3. The Balaban J connectivity index is 1.23. The van der Waals surface area contributed by atoms with Gasteiger partial charge in [-0.05, 0) is 65.9 Å². The molecule has 0 aliphatic carbocycles. The Labute approximate surface area is 205 Å². The van der Waals surface area contributed by atoms with E-state index in [1.807, 2.05) is 24.3 Å². The summed E-state index contributed by atoms with van der Waals surface area (Å²) in [5.74, 6) is -0.646. The van der Waals surface area contributed by atoms with E-state index in [1.165, 1.54) is 22.8 Å². The predicted molar refractivity (Wildman–Crippen MR) is 133 cm³/mol. The van der Waals surface area contributed by atoms with Gasteiger partial charge in [-0.3, -0.25) is 19.3 Å². The number of rotatable bonds is 5. The molecular formula is C27H21N3O4S. The third-order valence-corrected chi connectivity index (χ3v) is 7.45. The Morgan fingerprint density at radius 2 is 1.86 bits per heavy atom. The third kappa shape index (κ3) is 3.81. The number of anilines is 2. The van der Waals surface area contributed by atoms with E-state index in [-0.39, 0.29) is 18.0 Å². The Bertz CT molecular complexity index is 1460. The fraction of sp³-hybridized carbons (Fsp3) is 0.148. The lowest BCUT2D eigenvalue weighted by molar-refractivity contribution is 0.0631. The first-order chi connectivity index (χ1) is 17.1. The number of imide groups is 1. The quantitative estimate of drug-likeness (QED) is 0.406. The summed E-state index contributed by atoms with van der Waals surface area (Å²) >= 11 is 1.79. The van der Waals surface area contributed by atoms with E-state index in [2.05, 4.69) is 21.7 Å². The summed E-state index contributed by atoms with van der Waals surface area (Å²) in [6, 6.07) is 17.9. The van der Waals surface area contributed by atoms with Crippen LogP contribution in [0.4, 0.5) is 11.4 Å². The Morgan fingerprint density at radius 3 is 2.71 bits per heavy atom. The van der Waals surface area contributed by atoms with E-state index in [1.54, 1.807) is 35.6 Å². The molecule has 0 spiro atoms. The molecule has 2 aliphatic rings. The number of hydrogen-bond donors (Lipinski definition) is 1. The van der Waals surface area contributed by atoms with Crippen molar-refractivity contribution in [2.75, 3.05) is 16.8 Å². The van der Waals surface area contributed by atoms with E-state index in [0.29, 0.717) is 22.6 Å². The molecule has 6 rings (SSSR count). The van der Waals surface area contributed by atoms with Gasteiger partial charge in [0.2, 0.25) is 0 Å². The highest BCUT2D eigenvalue weighted by atomic mass is 32.1. The number of thiophene rings is 1. The van der Waals surface area contributed by atoms with Crippen molar-refractivity contribution in [3.05, 3.63) is 105 Å². The number of nitrogens with one attached hydrogen (secondary N) is 1. The van der Waals surface area contributed by atoms with E-state index >= 15 is 0 Å². The predicted octanol–water partition coefficient (Wildman–Crippen LogP) is 4.95. The van der Waals surface area contributed by atoms with Gasteiger partial charge in [0.05, 0.1) is 35.3 Å². The summed E-state index contributed by atoms with van der Waals surface area (Å²) in [4.78, 5) is 43.7. The van der Waals surface area contributed by atoms with Gasteiger partial charge >= 0.3 is 0 Å². The van der Waals surface area contributed by atoms with Crippen LogP contribution in [0.2, 0.25) is 0 Å². The van der Waals surface area contributed by atoms with Crippen LogP contribution in [0.1, 0.15) is 47.3 Å². The minimum absolute atomic E-state index is 0.0515. The van der Waals surface area contributed by atoms with Gasteiger partial charge < -0.3 is 14.6 Å². The van der Waals surface area contributed by atoms with Crippen molar-refractivity contribution in [1.82, 2.24) is 4.90 Å². The molecule has 35 heavy (non-hydrogen) atoms. The van der Waals surface area contributed by atoms with Gasteiger partial charge in [0, 0.05) is 23.5 Å². The van der Waals surface area contributed by atoms with Gasteiger partial charge in [-0.15, -0.1) is 11.3 Å². The number of nitrogens with zero attached hydrogens (tertiary/aromatic N) is 2. The van der Waals surface area contributed by atoms with Crippen LogP contribution in [0.5, 0.6) is 0 Å². The second kappa shape index (κ2) is 8.56. The lowest BCUT2D eigenvalue weighted by atomic mass is 10.0. The molecule has 8 heteroatoms. The molecule has 0 bridgehead atoms. The van der Waals surface area contributed by atoms with Crippen molar-refractivity contribution in [3.63, 3.8) is 0 Å². The highest BCUT2D eigenvalue weighted by Gasteiger charge is 2.36. The molecule has 2 aromatic carbocycles. The SMILES string of the molecule is O=C(Nc1ccccc1N1CCc2sccc2C1)c1ccc2c(c1)C(=O)N(Cc1ccco1)C2=O. The first kappa shape index (κ1) is 21.4. The van der Waals surface area contributed by atoms with Gasteiger partial charge in [-0.1, -0.05) is 12.1 Å². The topological polar surface area (TPSA) is 82.9 Å². The van der Waals surface area contributed by atoms with Crippen LogP contribution in [0.25, 0.3) is 0 Å². The number of para-hydroxylation sites is 2. The number of amides is 3. The Hall–Kier alpha value is -4.17. The monoisotopic (exact) mass is 483 g/mol. The molecule has 4 heterocycles. The maximum Gasteiger partial charge on any atom is 0.261 e. The van der Waals surface area contributed by atoms with Crippen molar-refractivity contribution >= 4 is 40.4 Å². The van der Waals surface area contributed by atoms with Crippen molar-refractivity contribution < 1.29 is 18.8 Å². The molecule has 0 saturated carbocycles. The highest BCUT2D eigenvalue weighted by Crippen LogP contribution is 2.33. The highest BCUT2D eigenvalue weighted by molar-refractivity contribution is 7.10. The van der Waals surface area contributed by atoms with Crippen molar-refractivity contribution in [1.29, 1.82) is 0 Å². The first-order valence-electron chi connectivity index (χ1n) is 11.3.